The van der Waals surface area contributed by atoms with Crippen LogP contribution >= 0.6 is 0 Å². The van der Waals surface area contributed by atoms with Gasteiger partial charge in [-0.25, -0.2) is 4.98 Å². The third kappa shape index (κ3) is 3.90. The molecule has 0 saturated carbocycles. The highest BCUT2D eigenvalue weighted by Crippen LogP contribution is 2.32. The van der Waals surface area contributed by atoms with E-state index < -0.39 is 0 Å². The van der Waals surface area contributed by atoms with Crippen molar-refractivity contribution in [2.45, 2.75) is 19.8 Å². The van der Waals surface area contributed by atoms with Gasteiger partial charge in [-0.05, 0) is 29.7 Å². The van der Waals surface area contributed by atoms with E-state index in [1.165, 1.54) is 6.20 Å². The van der Waals surface area contributed by atoms with E-state index in [0.29, 0.717) is 45.5 Å². The van der Waals surface area contributed by atoms with Gasteiger partial charge in [-0.3, -0.25) is 9.98 Å². The lowest BCUT2D eigenvalue weighted by atomic mass is 10.1. The average Bonchev–Trinajstić information content (AvgIpc) is 2.71. The first-order valence-corrected chi connectivity index (χ1v) is 8.85. The van der Waals surface area contributed by atoms with Gasteiger partial charge in [0.25, 0.3) is 0 Å². The quantitative estimate of drug-likeness (QED) is 0.634. The summed E-state index contributed by atoms with van der Waals surface area (Å²) < 4.78 is 5.63. The second-order valence-electron chi connectivity index (χ2n) is 6.43. The number of hydrogen-bond donors (Lipinski definition) is 2. The minimum atomic E-state index is 0.356. The molecule has 0 amide bonds. The predicted octanol–water partition coefficient (Wildman–Crippen LogP) is 3.30. The number of aliphatic imine (C=N–C) groups is 1. The van der Waals surface area contributed by atoms with Gasteiger partial charge >= 0.3 is 0 Å². The van der Waals surface area contributed by atoms with Crippen LogP contribution in [0.5, 0.6) is 5.75 Å². The molecule has 0 radical (unpaired) electrons. The monoisotopic (exact) mass is 377 g/mol. The highest BCUT2D eigenvalue weighted by molar-refractivity contribution is 6.12. The lowest BCUT2D eigenvalue weighted by Crippen LogP contribution is -2.02. The molecule has 0 aliphatic heterocycles. The van der Waals surface area contributed by atoms with Crippen LogP contribution in [0.15, 0.2) is 41.8 Å². The minimum Gasteiger partial charge on any atom is -0.494 e. The van der Waals surface area contributed by atoms with E-state index in [1.54, 1.807) is 32.8 Å². The van der Waals surface area contributed by atoms with Gasteiger partial charge in [0.15, 0.2) is 11.6 Å². The Balaban J connectivity index is 2.05. The number of allylic oxidation sites excluding steroid dienone is 1. The van der Waals surface area contributed by atoms with Crippen LogP contribution in [-0.4, -0.2) is 40.5 Å². The summed E-state index contributed by atoms with van der Waals surface area (Å²) in [7, 11) is 3.27. The molecule has 3 N–H and O–H groups in total. The van der Waals surface area contributed by atoms with E-state index in [9.17, 15) is 0 Å². The number of anilines is 2. The largest absolute Gasteiger partial charge is 0.494 e. The van der Waals surface area contributed by atoms with Crippen LogP contribution in [0, 0.1) is 0 Å². The molecule has 144 valence electrons. The van der Waals surface area contributed by atoms with Crippen LogP contribution < -0.4 is 15.8 Å². The first-order chi connectivity index (χ1) is 13.6. The van der Waals surface area contributed by atoms with Crippen molar-refractivity contribution in [2.75, 3.05) is 19.5 Å². The van der Waals surface area contributed by atoms with Gasteiger partial charge in [0, 0.05) is 36.8 Å². The lowest BCUT2D eigenvalue weighted by molar-refractivity contribution is 0.417. The zero-order valence-electron chi connectivity index (χ0n) is 16.3. The summed E-state index contributed by atoms with van der Waals surface area (Å²) in [5.74, 6) is 2.17. The van der Waals surface area contributed by atoms with Gasteiger partial charge in [-0.1, -0.05) is 13.8 Å². The van der Waals surface area contributed by atoms with E-state index >= 15 is 0 Å². The fraction of sp³-hybridized carbons (Fsp3) is 0.250. The van der Waals surface area contributed by atoms with Crippen molar-refractivity contribution >= 4 is 34.5 Å². The number of nitrogens with two attached hydrogens (primary N) is 1. The summed E-state index contributed by atoms with van der Waals surface area (Å²) in [6.45, 7) is 4.21. The zero-order valence-corrected chi connectivity index (χ0v) is 16.3. The summed E-state index contributed by atoms with van der Waals surface area (Å²) in [6.07, 6.45) is 6.58. The number of pyridine rings is 2. The molecule has 8 heteroatoms. The van der Waals surface area contributed by atoms with Crippen molar-refractivity contribution in [3.8, 4) is 5.75 Å². The predicted molar refractivity (Wildman–Crippen MR) is 112 cm³/mol. The van der Waals surface area contributed by atoms with Crippen LogP contribution in [0.25, 0.3) is 16.6 Å². The Kier molecular flexibility index (Phi) is 5.78. The molecule has 0 saturated heterocycles. The molecule has 3 heterocycles. The molecule has 0 fully saturated rings. The second kappa shape index (κ2) is 8.43. The van der Waals surface area contributed by atoms with Gasteiger partial charge in [-0.2, -0.15) is 5.10 Å². The van der Waals surface area contributed by atoms with Gasteiger partial charge in [-0.15, -0.1) is 5.10 Å². The number of ether oxygens (including phenoxy) is 1. The van der Waals surface area contributed by atoms with Gasteiger partial charge in [0.05, 0.1) is 18.8 Å². The average molecular weight is 377 g/mol. The summed E-state index contributed by atoms with van der Waals surface area (Å²) in [4.78, 5) is 13.2. The van der Waals surface area contributed by atoms with Crippen LogP contribution in [0.4, 0.5) is 11.6 Å². The Morgan fingerprint density at radius 3 is 2.75 bits per heavy atom. The maximum Gasteiger partial charge on any atom is 0.156 e. The highest BCUT2D eigenvalue weighted by Gasteiger charge is 2.14. The Morgan fingerprint density at radius 1 is 1.25 bits per heavy atom. The molecule has 0 aliphatic carbocycles. The highest BCUT2D eigenvalue weighted by atomic mass is 16.5. The molecule has 28 heavy (non-hydrogen) atoms. The van der Waals surface area contributed by atoms with E-state index in [1.807, 2.05) is 18.2 Å². The molecule has 0 unspecified atom stereocenters. The maximum absolute atomic E-state index is 5.74. The van der Waals surface area contributed by atoms with Crippen molar-refractivity contribution < 1.29 is 4.74 Å². The van der Waals surface area contributed by atoms with Crippen molar-refractivity contribution in [3.63, 3.8) is 0 Å². The molecule has 0 aliphatic rings. The SMILES string of the molecule is CN=CC(=CN)c1cnc2ccc(Nc3cc(C(C)C)cnn3)nc2c1OC. The number of hydrogen-bond acceptors (Lipinski definition) is 8. The standard InChI is InChI=1S/C20H23N7O/c1-12(2)13-7-18(27-24-10-13)25-17-6-5-16-19(26-17)20(28-4)15(11-23-16)14(8-21)9-22-3/h5-12H,21H2,1-4H3,(H,25,26,27). The van der Waals surface area contributed by atoms with Gasteiger partial charge in [0.1, 0.15) is 11.3 Å². The number of nitrogens with one attached hydrogen (secondary N) is 1. The summed E-state index contributed by atoms with van der Waals surface area (Å²) in [5, 5.41) is 11.4. The summed E-state index contributed by atoms with van der Waals surface area (Å²) in [6, 6.07) is 5.67. The molecule has 3 aromatic heterocycles. The van der Waals surface area contributed by atoms with Crippen molar-refractivity contribution in [1.29, 1.82) is 0 Å². The summed E-state index contributed by atoms with van der Waals surface area (Å²) >= 11 is 0. The van der Waals surface area contributed by atoms with Crippen LogP contribution in [0.1, 0.15) is 30.9 Å². The Labute approximate surface area is 163 Å². The number of nitrogens with zero attached hydrogens (tertiary/aromatic N) is 5. The smallest absolute Gasteiger partial charge is 0.156 e. The molecule has 0 atom stereocenters. The molecule has 0 spiro atoms. The Hall–Kier alpha value is -3.55. The van der Waals surface area contributed by atoms with Crippen LogP contribution in [0.3, 0.4) is 0 Å². The Morgan fingerprint density at radius 2 is 2.07 bits per heavy atom. The molecule has 0 bridgehead atoms. The van der Waals surface area contributed by atoms with Gasteiger partial charge in [0.2, 0.25) is 0 Å². The molecule has 8 nitrogen and oxygen atoms in total. The third-order valence-electron chi connectivity index (χ3n) is 4.23. The number of aromatic nitrogens is 4. The first kappa shape index (κ1) is 19.2. The topological polar surface area (TPSA) is 111 Å². The van der Waals surface area contributed by atoms with Crippen molar-refractivity contribution in [2.24, 2.45) is 10.7 Å². The van der Waals surface area contributed by atoms with E-state index in [-0.39, 0.29) is 0 Å². The van der Waals surface area contributed by atoms with Crippen LogP contribution in [0.2, 0.25) is 0 Å². The molecular formula is C20H23N7O. The van der Waals surface area contributed by atoms with Crippen molar-refractivity contribution in [3.05, 3.63) is 47.9 Å². The van der Waals surface area contributed by atoms with Gasteiger partial charge < -0.3 is 15.8 Å². The zero-order chi connectivity index (χ0) is 20.1. The number of rotatable bonds is 6. The third-order valence-corrected chi connectivity index (χ3v) is 4.23. The first-order valence-electron chi connectivity index (χ1n) is 8.85. The molecular weight excluding hydrogens is 354 g/mol. The lowest BCUT2D eigenvalue weighted by Gasteiger charge is -2.12. The molecule has 3 rings (SSSR count). The second-order valence-corrected chi connectivity index (χ2v) is 6.43. The number of methoxy groups -OCH3 is 1. The normalized spacial score (nSPS) is 12.1. The fourth-order valence-electron chi connectivity index (χ4n) is 2.76. The molecule has 0 aromatic carbocycles. The molecule has 3 aromatic rings. The number of fused-ring (bicyclic) bond motifs is 1. The van der Waals surface area contributed by atoms with Crippen molar-refractivity contribution in [1.82, 2.24) is 20.2 Å². The minimum absolute atomic E-state index is 0.356. The van der Waals surface area contributed by atoms with E-state index in [2.05, 4.69) is 44.3 Å². The maximum atomic E-state index is 5.74. The fourth-order valence-corrected chi connectivity index (χ4v) is 2.76. The van der Waals surface area contributed by atoms with E-state index in [0.717, 1.165) is 5.56 Å². The van der Waals surface area contributed by atoms with Crippen LogP contribution in [-0.2, 0) is 0 Å². The Bertz CT molecular complexity index is 1040. The van der Waals surface area contributed by atoms with E-state index in [4.69, 9.17) is 10.5 Å². The summed E-state index contributed by atoms with van der Waals surface area (Å²) in [5.41, 5.74) is 9.57.